The van der Waals surface area contributed by atoms with Gasteiger partial charge in [-0.3, -0.25) is 4.79 Å². The lowest BCUT2D eigenvalue weighted by Gasteiger charge is -2.17. The molecule has 1 saturated heterocycles. The minimum atomic E-state index is -4.42. The van der Waals surface area contributed by atoms with Crippen molar-refractivity contribution in [2.45, 2.75) is 50.8 Å². The molecule has 32 heavy (non-hydrogen) atoms. The number of anilines is 2. The molecule has 2 aromatic rings. The summed E-state index contributed by atoms with van der Waals surface area (Å²) >= 11 is 7.29. The number of fused-ring (bicyclic) bond motifs is 1. The molecule has 0 spiro atoms. The lowest BCUT2D eigenvalue weighted by Crippen LogP contribution is -2.19. The van der Waals surface area contributed by atoms with Crippen molar-refractivity contribution in [3.05, 3.63) is 33.8 Å². The van der Waals surface area contributed by atoms with Gasteiger partial charge in [0.05, 0.1) is 17.5 Å². The van der Waals surface area contributed by atoms with E-state index < -0.39 is 18.5 Å². The minimum Gasteiger partial charge on any atom is -0.489 e. The first-order valence-electron chi connectivity index (χ1n) is 10.8. The van der Waals surface area contributed by atoms with Crippen molar-refractivity contribution in [2.75, 3.05) is 23.3 Å². The lowest BCUT2D eigenvalue weighted by atomic mass is 10.2. The van der Waals surface area contributed by atoms with Gasteiger partial charge in [-0.05, 0) is 62.1 Å². The van der Waals surface area contributed by atoms with Gasteiger partial charge < -0.3 is 15.0 Å². The molecular weight excluding hydrogens is 463 g/mol. The molecule has 5 nitrogen and oxygen atoms in total. The van der Waals surface area contributed by atoms with Gasteiger partial charge in [0.25, 0.3) is 5.91 Å². The van der Waals surface area contributed by atoms with Crippen molar-refractivity contribution in [1.29, 1.82) is 0 Å². The second kappa shape index (κ2) is 8.41. The molecule has 172 valence electrons. The van der Waals surface area contributed by atoms with Gasteiger partial charge in [0.15, 0.2) is 5.13 Å². The van der Waals surface area contributed by atoms with E-state index in [1.165, 1.54) is 6.42 Å². The molecule has 3 fully saturated rings. The van der Waals surface area contributed by atoms with Gasteiger partial charge in [-0.15, -0.1) is 11.3 Å². The second-order valence-electron chi connectivity index (χ2n) is 8.82. The largest absolute Gasteiger partial charge is 0.489 e. The Balaban J connectivity index is 1.30. The summed E-state index contributed by atoms with van der Waals surface area (Å²) < 4.78 is 45.3. The molecule has 5 rings (SSSR count). The summed E-state index contributed by atoms with van der Waals surface area (Å²) in [6, 6.07) is 4.89. The standard InChI is InChI=1S/C22H23ClF3N3O2S/c23-16-10-14(3-4-17(16)31-15-8-12-7-13(12)9-15)27-20(30)19-18(11-22(24,25)26)32-21(28-19)29-5-1-2-6-29/h3-4,10,12-13,15H,1-2,5-9,11H2,(H,27,30). The van der Waals surface area contributed by atoms with Crippen molar-refractivity contribution in [1.82, 2.24) is 4.98 Å². The Morgan fingerprint density at radius 1 is 1.22 bits per heavy atom. The third-order valence-electron chi connectivity index (χ3n) is 6.32. The molecule has 3 aliphatic rings. The second-order valence-corrected chi connectivity index (χ2v) is 10.3. The Bertz CT molecular complexity index is 1010. The molecule has 0 bridgehead atoms. The van der Waals surface area contributed by atoms with Crippen LogP contribution in [0.1, 0.15) is 47.5 Å². The normalized spacial score (nSPS) is 24.5. The molecule has 1 aliphatic heterocycles. The minimum absolute atomic E-state index is 0.0808. The summed E-state index contributed by atoms with van der Waals surface area (Å²) in [5.74, 6) is 1.45. The predicted octanol–water partition coefficient (Wildman–Crippen LogP) is 5.93. The molecule has 2 atom stereocenters. The molecule has 1 aromatic heterocycles. The van der Waals surface area contributed by atoms with Gasteiger partial charge >= 0.3 is 6.18 Å². The fourth-order valence-electron chi connectivity index (χ4n) is 4.66. The first-order valence-corrected chi connectivity index (χ1v) is 12.0. The van der Waals surface area contributed by atoms with E-state index in [2.05, 4.69) is 10.3 Å². The van der Waals surface area contributed by atoms with Crippen molar-refractivity contribution in [3.63, 3.8) is 0 Å². The summed E-state index contributed by atoms with van der Waals surface area (Å²) in [7, 11) is 0. The molecule has 10 heteroatoms. The number of carbonyl (C=O) groups excluding carboxylic acids is 1. The van der Waals surface area contributed by atoms with Crippen molar-refractivity contribution in [2.24, 2.45) is 11.8 Å². The molecular formula is C22H23ClF3N3O2S. The maximum Gasteiger partial charge on any atom is 0.393 e. The number of hydrogen-bond acceptors (Lipinski definition) is 5. The monoisotopic (exact) mass is 485 g/mol. The van der Waals surface area contributed by atoms with Crippen LogP contribution >= 0.6 is 22.9 Å². The van der Waals surface area contributed by atoms with E-state index >= 15 is 0 Å². The number of benzene rings is 1. The van der Waals surface area contributed by atoms with E-state index in [1.807, 2.05) is 4.90 Å². The van der Waals surface area contributed by atoms with Gasteiger partial charge in [0.2, 0.25) is 0 Å². The van der Waals surface area contributed by atoms with Gasteiger partial charge in [-0.25, -0.2) is 4.98 Å². The van der Waals surface area contributed by atoms with Gasteiger partial charge in [-0.2, -0.15) is 13.2 Å². The Labute approximate surface area is 192 Å². The number of ether oxygens (including phenoxy) is 1. The highest BCUT2D eigenvalue weighted by Crippen LogP contribution is 2.52. The van der Waals surface area contributed by atoms with Crippen LogP contribution in [0, 0.1) is 11.8 Å². The number of thiazole rings is 1. The fraction of sp³-hybridized carbons (Fsp3) is 0.545. The van der Waals surface area contributed by atoms with E-state index in [0.29, 0.717) is 21.6 Å². The van der Waals surface area contributed by atoms with Crippen LogP contribution in [0.3, 0.4) is 0 Å². The first kappa shape index (κ1) is 21.8. The number of amides is 1. The quantitative estimate of drug-likeness (QED) is 0.551. The zero-order valence-electron chi connectivity index (χ0n) is 17.3. The van der Waals surface area contributed by atoms with Crippen LogP contribution in [0.2, 0.25) is 5.02 Å². The number of halogens is 4. The zero-order valence-corrected chi connectivity index (χ0v) is 18.8. The molecule has 0 radical (unpaired) electrons. The summed E-state index contributed by atoms with van der Waals surface area (Å²) in [6.45, 7) is 1.47. The third-order valence-corrected chi connectivity index (χ3v) is 7.73. The Hall–Kier alpha value is -2.00. The van der Waals surface area contributed by atoms with Crippen LogP contribution in [0.25, 0.3) is 0 Å². The van der Waals surface area contributed by atoms with Crippen molar-refractivity contribution < 1.29 is 22.7 Å². The van der Waals surface area contributed by atoms with E-state index in [9.17, 15) is 18.0 Å². The number of hydrogen-bond donors (Lipinski definition) is 1. The molecule has 2 aliphatic carbocycles. The highest BCUT2D eigenvalue weighted by Gasteiger charge is 2.47. The van der Waals surface area contributed by atoms with Crippen LogP contribution in [0.15, 0.2) is 18.2 Å². The average molecular weight is 486 g/mol. The topological polar surface area (TPSA) is 54.5 Å². The number of carbonyl (C=O) groups is 1. The number of nitrogens with one attached hydrogen (secondary N) is 1. The van der Waals surface area contributed by atoms with Crippen LogP contribution < -0.4 is 15.0 Å². The first-order chi connectivity index (χ1) is 15.2. The third kappa shape index (κ3) is 4.83. The number of rotatable bonds is 6. The van der Waals surface area contributed by atoms with Gasteiger partial charge in [0, 0.05) is 23.7 Å². The predicted molar refractivity (Wildman–Crippen MR) is 118 cm³/mol. The fourth-order valence-corrected chi connectivity index (χ4v) is 6.03. The molecule has 2 saturated carbocycles. The van der Waals surface area contributed by atoms with Crippen LogP contribution in [0.4, 0.5) is 24.0 Å². The Morgan fingerprint density at radius 2 is 1.94 bits per heavy atom. The average Bonchev–Trinajstić information content (AvgIpc) is 3.14. The highest BCUT2D eigenvalue weighted by molar-refractivity contribution is 7.16. The molecule has 1 N–H and O–H groups in total. The lowest BCUT2D eigenvalue weighted by molar-refractivity contribution is -0.126. The van der Waals surface area contributed by atoms with Crippen LogP contribution in [-0.4, -0.2) is 36.3 Å². The molecule has 1 aromatic carbocycles. The summed E-state index contributed by atoms with van der Waals surface area (Å²) in [5, 5.41) is 3.46. The number of alkyl halides is 3. The van der Waals surface area contributed by atoms with Crippen molar-refractivity contribution >= 4 is 39.7 Å². The highest BCUT2D eigenvalue weighted by atomic mass is 35.5. The Morgan fingerprint density at radius 3 is 2.59 bits per heavy atom. The maximum atomic E-state index is 13.1. The summed E-state index contributed by atoms with van der Waals surface area (Å²) in [4.78, 5) is 19.0. The Kier molecular flexibility index (Phi) is 5.73. The van der Waals surface area contributed by atoms with Crippen LogP contribution in [0.5, 0.6) is 5.75 Å². The van der Waals surface area contributed by atoms with E-state index in [-0.39, 0.29) is 16.7 Å². The van der Waals surface area contributed by atoms with Gasteiger partial charge in [0.1, 0.15) is 11.4 Å². The SMILES string of the molecule is O=C(Nc1ccc(OC2CC3CC3C2)c(Cl)c1)c1nc(N2CCCC2)sc1CC(F)(F)F. The zero-order chi connectivity index (χ0) is 22.5. The van der Waals surface area contributed by atoms with E-state index in [0.717, 1.165) is 61.9 Å². The number of aromatic nitrogens is 1. The summed E-state index contributed by atoms with van der Waals surface area (Å²) in [6.07, 6.45) is -0.123. The van der Waals surface area contributed by atoms with E-state index in [4.69, 9.17) is 16.3 Å². The molecule has 1 amide bonds. The van der Waals surface area contributed by atoms with E-state index in [1.54, 1.807) is 18.2 Å². The molecule has 2 unspecified atom stereocenters. The summed E-state index contributed by atoms with van der Waals surface area (Å²) in [5.41, 5.74) is 0.200. The maximum absolute atomic E-state index is 13.1. The smallest absolute Gasteiger partial charge is 0.393 e. The number of nitrogens with zero attached hydrogens (tertiary/aromatic N) is 2. The van der Waals surface area contributed by atoms with Gasteiger partial charge in [-0.1, -0.05) is 11.6 Å². The van der Waals surface area contributed by atoms with Crippen LogP contribution in [-0.2, 0) is 6.42 Å². The van der Waals surface area contributed by atoms with Crippen molar-refractivity contribution in [3.8, 4) is 5.75 Å². The molecule has 2 heterocycles.